The number of aromatic amines is 1. The van der Waals surface area contributed by atoms with Crippen LogP contribution < -0.4 is 5.32 Å². The number of hydrogen-bond acceptors (Lipinski definition) is 5. The number of nitrogens with one attached hydrogen (secondary N) is 2. The molecule has 4 rings (SSSR count). The number of carbonyl (C=O) groups excluding carboxylic acids is 2. The van der Waals surface area contributed by atoms with E-state index < -0.39 is 21.9 Å². The zero-order valence-electron chi connectivity index (χ0n) is 19.6. The minimum atomic E-state index is -4.02. The molecular formula is C25H29N3O5S. The van der Waals surface area contributed by atoms with Crippen molar-refractivity contribution < 1.29 is 22.7 Å². The number of amides is 1. The van der Waals surface area contributed by atoms with Crippen LogP contribution in [0.5, 0.6) is 0 Å². The number of hydrogen-bond donors (Lipinski definition) is 2. The molecule has 3 aromatic rings. The van der Waals surface area contributed by atoms with Crippen LogP contribution >= 0.6 is 0 Å². The summed E-state index contributed by atoms with van der Waals surface area (Å²) in [6, 6.07) is 13.5. The predicted octanol–water partition coefficient (Wildman–Crippen LogP) is 4.00. The zero-order valence-corrected chi connectivity index (χ0v) is 20.4. The molecule has 9 heteroatoms. The fraction of sp³-hybridized carbons (Fsp3) is 0.360. The van der Waals surface area contributed by atoms with E-state index in [1.54, 1.807) is 20.8 Å². The van der Waals surface area contributed by atoms with Gasteiger partial charge < -0.3 is 15.0 Å². The molecule has 0 aliphatic carbocycles. The number of anilines is 1. The van der Waals surface area contributed by atoms with Crippen molar-refractivity contribution in [2.45, 2.75) is 38.5 Å². The van der Waals surface area contributed by atoms with Gasteiger partial charge >= 0.3 is 5.97 Å². The molecular weight excluding hydrogens is 454 g/mol. The van der Waals surface area contributed by atoms with E-state index in [1.807, 2.05) is 42.5 Å². The van der Waals surface area contributed by atoms with Crippen LogP contribution in [0.3, 0.4) is 0 Å². The van der Waals surface area contributed by atoms with Crippen LogP contribution in [0, 0.1) is 19.8 Å². The number of benzene rings is 2. The van der Waals surface area contributed by atoms with Crippen LogP contribution in [0.25, 0.3) is 10.8 Å². The minimum Gasteiger partial charge on any atom is -0.462 e. The van der Waals surface area contributed by atoms with Gasteiger partial charge in [0.15, 0.2) is 0 Å². The number of sulfonamides is 1. The second kappa shape index (κ2) is 9.60. The summed E-state index contributed by atoms with van der Waals surface area (Å²) in [5, 5.41) is 4.93. The number of fused-ring (bicyclic) bond motifs is 1. The monoisotopic (exact) mass is 483 g/mol. The Bertz CT molecular complexity index is 1340. The van der Waals surface area contributed by atoms with E-state index in [0.29, 0.717) is 29.9 Å². The molecule has 180 valence electrons. The lowest BCUT2D eigenvalue weighted by Gasteiger charge is -2.31. The molecule has 1 amide bonds. The first-order valence-electron chi connectivity index (χ1n) is 11.4. The Hall–Kier alpha value is -3.17. The average Bonchev–Trinajstić information content (AvgIpc) is 3.14. The van der Waals surface area contributed by atoms with E-state index in [2.05, 4.69) is 10.3 Å². The van der Waals surface area contributed by atoms with E-state index >= 15 is 0 Å². The van der Waals surface area contributed by atoms with Crippen LogP contribution in [0.2, 0.25) is 0 Å². The van der Waals surface area contributed by atoms with Gasteiger partial charge in [0.05, 0.1) is 12.5 Å². The maximum Gasteiger partial charge on any atom is 0.341 e. The Morgan fingerprint density at radius 1 is 1.12 bits per heavy atom. The Morgan fingerprint density at radius 2 is 1.85 bits per heavy atom. The molecule has 2 N–H and O–H groups in total. The molecule has 1 unspecified atom stereocenters. The van der Waals surface area contributed by atoms with Crippen LogP contribution in [0.4, 0.5) is 5.69 Å². The van der Waals surface area contributed by atoms with Crippen LogP contribution in [-0.4, -0.2) is 49.3 Å². The minimum absolute atomic E-state index is 0.0293. The van der Waals surface area contributed by atoms with Gasteiger partial charge in [0, 0.05) is 35.6 Å². The quantitative estimate of drug-likeness (QED) is 0.515. The highest BCUT2D eigenvalue weighted by molar-refractivity contribution is 7.89. The summed E-state index contributed by atoms with van der Waals surface area (Å²) in [4.78, 5) is 28.5. The lowest BCUT2D eigenvalue weighted by molar-refractivity contribution is -0.120. The normalized spacial score (nSPS) is 17.0. The molecule has 1 aliphatic rings. The van der Waals surface area contributed by atoms with Gasteiger partial charge in [-0.1, -0.05) is 36.4 Å². The van der Waals surface area contributed by atoms with Crippen molar-refractivity contribution >= 4 is 38.4 Å². The Morgan fingerprint density at radius 3 is 2.62 bits per heavy atom. The van der Waals surface area contributed by atoms with Crippen molar-refractivity contribution in [2.75, 3.05) is 25.0 Å². The maximum absolute atomic E-state index is 13.6. The second-order valence-corrected chi connectivity index (χ2v) is 10.4. The van der Waals surface area contributed by atoms with Crippen molar-refractivity contribution in [1.29, 1.82) is 0 Å². The van der Waals surface area contributed by atoms with Gasteiger partial charge in [-0.25, -0.2) is 13.2 Å². The van der Waals surface area contributed by atoms with E-state index in [9.17, 15) is 18.0 Å². The lowest BCUT2D eigenvalue weighted by Crippen LogP contribution is -2.44. The van der Waals surface area contributed by atoms with Crippen molar-refractivity contribution in [3.8, 4) is 0 Å². The van der Waals surface area contributed by atoms with Gasteiger partial charge in [-0.05, 0) is 45.1 Å². The molecule has 1 fully saturated rings. The molecule has 1 saturated heterocycles. The molecule has 1 atom stereocenters. The number of piperidine rings is 1. The van der Waals surface area contributed by atoms with E-state index in [-0.39, 0.29) is 36.1 Å². The smallest absolute Gasteiger partial charge is 0.341 e. The summed E-state index contributed by atoms with van der Waals surface area (Å²) in [5.41, 5.74) is 1.55. The SMILES string of the molecule is CCOC(=O)c1c(C)[nH]c(C)c1S(=O)(=O)N1CCCC(C(=O)Nc2cccc3ccccc23)C1. The third-order valence-corrected chi connectivity index (χ3v) is 8.24. The fourth-order valence-corrected chi connectivity index (χ4v) is 6.54. The van der Waals surface area contributed by atoms with Crippen molar-refractivity contribution in [3.05, 3.63) is 59.4 Å². The van der Waals surface area contributed by atoms with Gasteiger partial charge in [0.1, 0.15) is 10.5 Å². The summed E-state index contributed by atoms with van der Waals surface area (Å²) in [6.07, 6.45) is 1.13. The maximum atomic E-state index is 13.6. The number of aryl methyl sites for hydroxylation is 2. The molecule has 0 spiro atoms. The van der Waals surface area contributed by atoms with Gasteiger partial charge in [-0.2, -0.15) is 4.31 Å². The molecule has 0 radical (unpaired) electrons. The predicted molar refractivity (Wildman–Crippen MR) is 130 cm³/mol. The van der Waals surface area contributed by atoms with Crippen molar-refractivity contribution in [1.82, 2.24) is 9.29 Å². The Labute approximate surface area is 199 Å². The van der Waals surface area contributed by atoms with Crippen LogP contribution in [0.15, 0.2) is 47.4 Å². The molecule has 2 aromatic carbocycles. The third-order valence-electron chi connectivity index (χ3n) is 6.20. The zero-order chi connectivity index (χ0) is 24.5. The number of esters is 1. The molecule has 1 aromatic heterocycles. The number of aromatic nitrogens is 1. The highest BCUT2D eigenvalue weighted by atomic mass is 32.2. The topological polar surface area (TPSA) is 109 Å². The summed E-state index contributed by atoms with van der Waals surface area (Å²) in [5.74, 6) is -1.40. The average molecular weight is 484 g/mol. The number of carbonyl (C=O) groups is 2. The van der Waals surface area contributed by atoms with Gasteiger partial charge in [0.2, 0.25) is 15.9 Å². The summed E-state index contributed by atoms with van der Waals surface area (Å²) in [6.45, 7) is 5.41. The fourth-order valence-electron chi connectivity index (χ4n) is 4.60. The van der Waals surface area contributed by atoms with Gasteiger partial charge in [0.25, 0.3) is 0 Å². The van der Waals surface area contributed by atoms with E-state index in [1.165, 1.54) is 4.31 Å². The summed E-state index contributed by atoms with van der Waals surface area (Å²) in [7, 11) is -4.02. The molecule has 2 heterocycles. The third kappa shape index (κ3) is 4.45. The highest BCUT2D eigenvalue weighted by Gasteiger charge is 2.38. The van der Waals surface area contributed by atoms with Gasteiger partial charge in [-0.3, -0.25) is 4.79 Å². The van der Waals surface area contributed by atoms with E-state index in [4.69, 9.17) is 4.74 Å². The lowest BCUT2D eigenvalue weighted by atomic mass is 9.98. The van der Waals surface area contributed by atoms with Gasteiger partial charge in [-0.15, -0.1) is 0 Å². The Balaban J connectivity index is 1.58. The standard InChI is InChI=1S/C25H29N3O5S/c1-4-33-25(30)22-16(2)26-17(3)23(22)34(31,32)28-14-8-11-19(15-28)24(29)27-21-13-7-10-18-9-5-6-12-20(18)21/h5-7,9-10,12-13,19,26H,4,8,11,14-15H2,1-3H3,(H,27,29). The van der Waals surface area contributed by atoms with Crippen molar-refractivity contribution in [3.63, 3.8) is 0 Å². The molecule has 8 nitrogen and oxygen atoms in total. The van der Waals surface area contributed by atoms with Crippen LogP contribution in [-0.2, 0) is 19.6 Å². The number of ether oxygens (including phenoxy) is 1. The van der Waals surface area contributed by atoms with Crippen LogP contribution in [0.1, 0.15) is 41.5 Å². The molecule has 34 heavy (non-hydrogen) atoms. The molecule has 1 aliphatic heterocycles. The number of H-pyrrole nitrogens is 1. The number of rotatable bonds is 6. The first-order valence-corrected chi connectivity index (χ1v) is 12.8. The first-order chi connectivity index (χ1) is 16.2. The molecule has 0 bridgehead atoms. The summed E-state index contributed by atoms with van der Waals surface area (Å²) < 4.78 is 33.6. The molecule has 0 saturated carbocycles. The first kappa shape index (κ1) is 24.0. The second-order valence-electron chi connectivity index (χ2n) is 8.52. The largest absolute Gasteiger partial charge is 0.462 e. The number of nitrogens with zero attached hydrogens (tertiary/aromatic N) is 1. The summed E-state index contributed by atoms with van der Waals surface area (Å²) >= 11 is 0. The van der Waals surface area contributed by atoms with E-state index in [0.717, 1.165) is 10.8 Å². The Kier molecular flexibility index (Phi) is 6.77. The highest BCUT2D eigenvalue weighted by Crippen LogP contribution is 2.31. The van der Waals surface area contributed by atoms with Crippen molar-refractivity contribution in [2.24, 2.45) is 5.92 Å².